The maximum absolute atomic E-state index is 13.2. The zero-order valence-corrected chi connectivity index (χ0v) is 27.7. The summed E-state index contributed by atoms with van der Waals surface area (Å²) in [6, 6.07) is 6.68. The molecule has 5 aliphatic rings. The molecule has 0 radical (unpaired) electrons. The molecule has 0 bridgehead atoms. The standard InChI is InChI=1S/C39H52O5/c1-25(2)21-29(41)22-27(23-44-34(43)14-9-26-7-10-28(40)11-8-26)30-15-17-37(6)32-13-12-31-35(3,4)33(42)16-18-38(31)24-39(32,38)20-19-36(30,37)5/h7-11,14,21,27,30-32,40H,12-13,15-20,22-24H2,1-6H3/t27-,30+,31-,32-,36+,37-,38+,39-/m1/s1. The van der Waals surface area contributed by atoms with Gasteiger partial charge >= 0.3 is 5.97 Å². The highest BCUT2D eigenvalue weighted by molar-refractivity contribution is 5.90. The fourth-order valence-electron chi connectivity index (χ4n) is 11.9. The van der Waals surface area contributed by atoms with E-state index in [0.717, 1.165) is 49.7 Å². The van der Waals surface area contributed by atoms with Crippen LogP contribution >= 0.6 is 0 Å². The van der Waals surface area contributed by atoms with Crippen LogP contribution in [-0.4, -0.2) is 29.2 Å². The Morgan fingerprint density at radius 1 is 0.932 bits per heavy atom. The molecule has 1 aromatic carbocycles. The van der Waals surface area contributed by atoms with Gasteiger partial charge in [0, 0.05) is 30.3 Å². The lowest BCUT2D eigenvalue weighted by Crippen LogP contribution is -2.57. The normalized spacial score (nSPS) is 39.0. The van der Waals surface area contributed by atoms with Crippen LogP contribution in [0.3, 0.4) is 0 Å². The van der Waals surface area contributed by atoms with Gasteiger partial charge in [-0.25, -0.2) is 4.79 Å². The number of hydrogen-bond donors (Lipinski definition) is 1. The second kappa shape index (κ2) is 10.7. The highest BCUT2D eigenvalue weighted by atomic mass is 16.5. The van der Waals surface area contributed by atoms with E-state index < -0.39 is 5.97 Å². The Morgan fingerprint density at radius 2 is 1.61 bits per heavy atom. The van der Waals surface area contributed by atoms with E-state index in [1.807, 2.05) is 13.8 Å². The summed E-state index contributed by atoms with van der Waals surface area (Å²) in [5.41, 5.74) is 2.56. The second-order valence-corrected chi connectivity index (χ2v) is 16.5. The van der Waals surface area contributed by atoms with Crippen LogP contribution in [0.5, 0.6) is 5.75 Å². The monoisotopic (exact) mass is 600 g/mol. The number of ether oxygens (including phenoxy) is 1. The Balaban J connectivity index is 1.23. The van der Waals surface area contributed by atoms with Crippen molar-refractivity contribution in [1.82, 2.24) is 0 Å². The van der Waals surface area contributed by atoms with Gasteiger partial charge in [-0.15, -0.1) is 0 Å². The van der Waals surface area contributed by atoms with Gasteiger partial charge in [0.2, 0.25) is 0 Å². The fourth-order valence-corrected chi connectivity index (χ4v) is 11.9. The molecule has 0 unspecified atom stereocenters. The number of allylic oxidation sites excluding steroid dienone is 2. The van der Waals surface area contributed by atoms with E-state index in [4.69, 9.17) is 4.74 Å². The molecule has 5 fully saturated rings. The number of ketones is 2. The van der Waals surface area contributed by atoms with Gasteiger partial charge in [-0.2, -0.15) is 0 Å². The molecule has 1 N–H and O–H groups in total. The van der Waals surface area contributed by atoms with Crippen LogP contribution in [0.4, 0.5) is 0 Å². The average molecular weight is 601 g/mol. The summed E-state index contributed by atoms with van der Waals surface area (Å²) >= 11 is 0. The van der Waals surface area contributed by atoms with Crippen LogP contribution in [0.15, 0.2) is 42.0 Å². The van der Waals surface area contributed by atoms with Gasteiger partial charge in [-0.05, 0) is 134 Å². The Labute approximate surface area is 263 Å². The van der Waals surface area contributed by atoms with Crippen LogP contribution in [-0.2, 0) is 19.1 Å². The average Bonchev–Trinajstić information content (AvgIpc) is 3.55. The summed E-state index contributed by atoms with van der Waals surface area (Å²) in [7, 11) is 0. The third-order valence-corrected chi connectivity index (χ3v) is 14.1. The number of benzene rings is 1. The molecule has 2 spiro atoms. The molecule has 5 heteroatoms. The summed E-state index contributed by atoms with van der Waals surface area (Å²) < 4.78 is 5.88. The van der Waals surface area contributed by atoms with Crippen LogP contribution < -0.4 is 0 Å². The molecule has 0 heterocycles. The molecule has 8 atom stereocenters. The first-order valence-electron chi connectivity index (χ1n) is 17.0. The van der Waals surface area contributed by atoms with E-state index in [1.165, 1.54) is 25.3 Å². The maximum atomic E-state index is 13.2. The second-order valence-electron chi connectivity index (χ2n) is 16.5. The van der Waals surface area contributed by atoms with Gasteiger partial charge in [0.25, 0.3) is 0 Å². The molecule has 44 heavy (non-hydrogen) atoms. The van der Waals surface area contributed by atoms with Crippen molar-refractivity contribution >= 4 is 23.6 Å². The number of hydrogen-bond acceptors (Lipinski definition) is 5. The molecule has 5 saturated carbocycles. The van der Waals surface area contributed by atoms with Crippen molar-refractivity contribution < 1.29 is 24.2 Å². The summed E-state index contributed by atoms with van der Waals surface area (Å²) in [6.45, 7) is 13.7. The van der Waals surface area contributed by atoms with E-state index in [2.05, 4.69) is 27.7 Å². The highest BCUT2D eigenvalue weighted by Crippen LogP contribution is 2.88. The predicted molar refractivity (Wildman–Crippen MR) is 173 cm³/mol. The third kappa shape index (κ3) is 4.66. The fraction of sp³-hybridized carbons (Fsp3) is 0.667. The van der Waals surface area contributed by atoms with Gasteiger partial charge in [-0.3, -0.25) is 9.59 Å². The topological polar surface area (TPSA) is 80.7 Å². The summed E-state index contributed by atoms with van der Waals surface area (Å²) in [6.07, 6.45) is 15.4. The molecule has 238 valence electrons. The molecule has 5 nitrogen and oxygen atoms in total. The van der Waals surface area contributed by atoms with E-state index in [9.17, 15) is 19.5 Å². The Hall–Kier alpha value is -2.69. The van der Waals surface area contributed by atoms with Crippen LogP contribution in [0.25, 0.3) is 6.08 Å². The first-order chi connectivity index (χ1) is 20.7. The molecule has 6 rings (SSSR count). The van der Waals surface area contributed by atoms with E-state index >= 15 is 0 Å². The minimum atomic E-state index is -0.404. The number of rotatable bonds is 8. The lowest BCUT2D eigenvalue weighted by Gasteiger charge is -2.62. The zero-order valence-electron chi connectivity index (χ0n) is 27.7. The Kier molecular flexibility index (Phi) is 7.61. The molecule has 0 aliphatic heterocycles. The van der Waals surface area contributed by atoms with Crippen molar-refractivity contribution in [2.24, 2.45) is 50.7 Å². The summed E-state index contributed by atoms with van der Waals surface area (Å²) in [5, 5.41) is 9.53. The molecular weight excluding hydrogens is 548 g/mol. The minimum absolute atomic E-state index is 0.0271. The van der Waals surface area contributed by atoms with Gasteiger partial charge in [0.05, 0.1) is 6.61 Å². The third-order valence-electron chi connectivity index (χ3n) is 14.1. The van der Waals surface area contributed by atoms with Crippen molar-refractivity contribution in [2.75, 3.05) is 6.61 Å². The smallest absolute Gasteiger partial charge is 0.330 e. The number of phenols is 1. The van der Waals surface area contributed by atoms with E-state index in [0.29, 0.717) is 40.8 Å². The maximum Gasteiger partial charge on any atom is 0.330 e. The molecule has 0 amide bonds. The van der Waals surface area contributed by atoms with Crippen molar-refractivity contribution in [3.8, 4) is 5.75 Å². The van der Waals surface area contributed by atoms with Crippen molar-refractivity contribution in [1.29, 1.82) is 0 Å². The van der Waals surface area contributed by atoms with Crippen molar-refractivity contribution in [3.05, 3.63) is 47.6 Å². The molecular formula is C39H52O5. The molecule has 0 saturated heterocycles. The number of esters is 1. The Morgan fingerprint density at radius 3 is 2.32 bits per heavy atom. The molecule has 5 aliphatic carbocycles. The van der Waals surface area contributed by atoms with E-state index in [-0.39, 0.29) is 40.3 Å². The van der Waals surface area contributed by atoms with Crippen molar-refractivity contribution in [2.45, 2.75) is 106 Å². The zero-order chi connectivity index (χ0) is 31.7. The van der Waals surface area contributed by atoms with E-state index in [1.54, 1.807) is 36.4 Å². The minimum Gasteiger partial charge on any atom is -0.508 e. The molecule has 0 aromatic heterocycles. The largest absolute Gasteiger partial charge is 0.508 e. The number of Topliss-reactive ketones (excluding diaryl/α,β-unsaturated/α-hetero) is 1. The molecule has 1 aromatic rings. The first-order valence-corrected chi connectivity index (χ1v) is 17.0. The van der Waals surface area contributed by atoms with Gasteiger partial charge in [0.15, 0.2) is 5.78 Å². The number of carbonyl (C=O) groups excluding carboxylic acids is 3. The number of carbonyl (C=O) groups is 3. The lowest BCUT2D eigenvalue weighted by atomic mass is 9.42. The highest BCUT2D eigenvalue weighted by Gasteiger charge is 2.82. The van der Waals surface area contributed by atoms with Crippen LogP contribution in [0.2, 0.25) is 0 Å². The number of phenolic OH excluding ortho intramolecular Hbond substituents is 1. The summed E-state index contributed by atoms with van der Waals surface area (Å²) in [5.74, 6) is 1.82. The number of fused-ring (bicyclic) bond motifs is 2. The quantitative estimate of drug-likeness (QED) is 0.239. The van der Waals surface area contributed by atoms with Gasteiger partial charge in [-0.1, -0.05) is 45.4 Å². The van der Waals surface area contributed by atoms with Crippen molar-refractivity contribution in [3.63, 3.8) is 0 Å². The first kappa shape index (κ1) is 31.3. The lowest BCUT2D eigenvalue weighted by molar-refractivity contribution is -0.159. The SMILES string of the molecule is CC(C)=CC(=O)C[C@H](COC(=O)C=Cc1ccc(O)cc1)[C@@H]1CC[C@]2(C)[C@H]3CC[C@@H]4C(C)(C)C(=O)CC[C@]45C[C@]35CC[C@@]12C. The van der Waals surface area contributed by atoms with Gasteiger partial charge in [0.1, 0.15) is 11.5 Å². The Bertz CT molecular complexity index is 1400. The van der Waals surface area contributed by atoms with Crippen LogP contribution in [0.1, 0.15) is 111 Å². The summed E-state index contributed by atoms with van der Waals surface area (Å²) in [4.78, 5) is 39.1. The number of aromatic hydroxyl groups is 1. The predicted octanol–water partition coefficient (Wildman–Crippen LogP) is 8.50. The van der Waals surface area contributed by atoms with Gasteiger partial charge < -0.3 is 9.84 Å². The van der Waals surface area contributed by atoms with Crippen LogP contribution in [0, 0.1) is 50.7 Å².